The molecule has 2 aromatic carbocycles. The minimum absolute atomic E-state index is 0.0613. The number of aromatic nitrogens is 2. The van der Waals surface area contributed by atoms with Crippen molar-refractivity contribution in [2.75, 3.05) is 12.9 Å². The van der Waals surface area contributed by atoms with Crippen molar-refractivity contribution >= 4 is 17.7 Å². The Labute approximate surface area is 162 Å². The number of amides is 1. The molecule has 0 aliphatic carbocycles. The predicted molar refractivity (Wildman–Crippen MR) is 105 cm³/mol. The number of carbonyl (C=O) groups is 1. The molecular formula is C20H21N3O3S. The number of methoxy groups -OCH3 is 1. The quantitative estimate of drug-likeness (QED) is 0.640. The first-order valence-electron chi connectivity index (χ1n) is 8.51. The molecule has 0 aliphatic rings. The molecule has 0 spiro atoms. The van der Waals surface area contributed by atoms with Gasteiger partial charge in [-0.05, 0) is 24.6 Å². The van der Waals surface area contributed by atoms with Crippen LogP contribution in [0.25, 0.3) is 11.4 Å². The van der Waals surface area contributed by atoms with Gasteiger partial charge in [-0.1, -0.05) is 47.1 Å². The first-order valence-corrected chi connectivity index (χ1v) is 9.66. The molecule has 3 rings (SSSR count). The molecule has 3 aromatic rings. The number of rotatable bonds is 8. The van der Waals surface area contributed by atoms with Crippen LogP contribution in [0, 0.1) is 6.92 Å². The summed E-state index contributed by atoms with van der Waals surface area (Å²) < 4.78 is 10.4. The van der Waals surface area contributed by atoms with E-state index < -0.39 is 0 Å². The smallest absolute Gasteiger partial charge is 0.246 e. The Morgan fingerprint density at radius 3 is 2.89 bits per heavy atom. The molecule has 0 atom stereocenters. The second kappa shape index (κ2) is 9.23. The maximum atomic E-state index is 12.0. The van der Waals surface area contributed by atoms with Gasteiger partial charge in [-0.25, -0.2) is 0 Å². The van der Waals surface area contributed by atoms with Gasteiger partial charge in [0.05, 0.1) is 19.4 Å². The molecule has 140 valence electrons. The number of aryl methyl sites for hydroxylation is 1. The first kappa shape index (κ1) is 19.0. The number of carbonyl (C=O) groups excluding carboxylic acids is 1. The number of hydrogen-bond acceptors (Lipinski definition) is 6. The third-order valence-corrected chi connectivity index (χ3v) is 4.82. The normalized spacial score (nSPS) is 10.6. The molecule has 0 aliphatic heterocycles. The SMILES string of the molecule is COc1cccc(-c2noc(CNC(=O)CSCc3cccc(C)c3)n2)c1. The number of thioether (sulfide) groups is 1. The zero-order valence-electron chi connectivity index (χ0n) is 15.3. The molecule has 1 amide bonds. The Kier molecular flexibility index (Phi) is 6.49. The lowest BCUT2D eigenvalue weighted by molar-refractivity contribution is -0.118. The van der Waals surface area contributed by atoms with Crippen molar-refractivity contribution in [3.8, 4) is 17.1 Å². The lowest BCUT2D eigenvalue weighted by Crippen LogP contribution is -2.24. The Morgan fingerprint density at radius 2 is 2.07 bits per heavy atom. The highest BCUT2D eigenvalue weighted by Gasteiger charge is 2.10. The van der Waals surface area contributed by atoms with E-state index in [9.17, 15) is 4.79 Å². The monoisotopic (exact) mass is 383 g/mol. The topological polar surface area (TPSA) is 77.3 Å². The third-order valence-electron chi connectivity index (χ3n) is 3.82. The fraction of sp³-hybridized carbons (Fsp3) is 0.250. The Balaban J connectivity index is 1.46. The predicted octanol–water partition coefficient (Wildman–Crippen LogP) is 3.60. The zero-order valence-corrected chi connectivity index (χ0v) is 16.1. The number of nitrogens with one attached hydrogen (secondary N) is 1. The summed E-state index contributed by atoms with van der Waals surface area (Å²) in [6.07, 6.45) is 0. The molecule has 1 heterocycles. The van der Waals surface area contributed by atoms with Crippen LogP contribution in [0.1, 0.15) is 17.0 Å². The number of nitrogens with zero attached hydrogens (tertiary/aromatic N) is 2. The highest BCUT2D eigenvalue weighted by atomic mass is 32.2. The molecule has 6 nitrogen and oxygen atoms in total. The largest absolute Gasteiger partial charge is 0.497 e. The van der Waals surface area contributed by atoms with E-state index >= 15 is 0 Å². The van der Waals surface area contributed by atoms with Crippen LogP contribution in [0.2, 0.25) is 0 Å². The van der Waals surface area contributed by atoms with Crippen molar-refractivity contribution in [1.29, 1.82) is 0 Å². The van der Waals surface area contributed by atoms with Gasteiger partial charge in [0.2, 0.25) is 17.6 Å². The summed E-state index contributed by atoms with van der Waals surface area (Å²) in [6, 6.07) is 15.7. The highest BCUT2D eigenvalue weighted by Crippen LogP contribution is 2.21. The van der Waals surface area contributed by atoms with Crippen LogP contribution in [0.15, 0.2) is 53.1 Å². The van der Waals surface area contributed by atoms with Crippen molar-refractivity contribution in [3.63, 3.8) is 0 Å². The molecular weight excluding hydrogens is 362 g/mol. The average molecular weight is 383 g/mol. The van der Waals surface area contributed by atoms with Crippen molar-refractivity contribution in [1.82, 2.24) is 15.5 Å². The van der Waals surface area contributed by atoms with Crippen molar-refractivity contribution in [3.05, 3.63) is 65.5 Å². The molecule has 0 saturated carbocycles. The Hall–Kier alpha value is -2.80. The van der Waals surface area contributed by atoms with E-state index in [2.05, 4.69) is 40.6 Å². The molecule has 7 heteroatoms. The lowest BCUT2D eigenvalue weighted by Gasteiger charge is -2.04. The minimum Gasteiger partial charge on any atom is -0.497 e. The first-order chi connectivity index (χ1) is 13.1. The molecule has 1 aromatic heterocycles. The van der Waals surface area contributed by atoms with Gasteiger partial charge in [0.25, 0.3) is 0 Å². The number of ether oxygens (including phenoxy) is 1. The number of benzene rings is 2. The van der Waals surface area contributed by atoms with Gasteiger partial charge in [-0.2, -0.15) is 4.98 Å². The molecule has 0 saturated heterocycles. The van der Waals surface area contributed by atoms with Gasteiger partial charge in [-0.15, -0.1) is 11.8 Å². The van der Waals surface area contributed by atoms with Gasteiger partial charge in [0, 0.05) is 11.3 Å². The maximum Gasteiger partial charge on any atom is 0.246 e. The summed E-state index contributed by atoms with van der Waals surface area (Å²) in [7, 11) is 1.60. The molecule has 1 N–H and O–H groups in total. The van der Waals surface area contributed by atoms with E-state index in [1.54, 1.807) is 18.9 Å². The minimum atomic E-state index is -0.0613. The van der Waals surface area contributed by atoms with Crippen LogP contribution < -0.4 is 10.1 Å². The van der Waals surface area contributed by atoms with Crippen molar-refractivity contribution < 1.29 is 14.1 Å². The standard InChI is InChI=1S/C20H21N3O3S/c1-14-5-3-6-15(9-14)12-27-13-18(24)21-11-19-22-20(23-26-19)16-7-4-8-17(10-16)25-2/h3-10H,11-13H2,1-2H3,(H,21,24). The summed E-state index contributed by atoms with van der Waals surface area (Å²) in [5.74, 6) is 2.67. The highest BCUT2D eigenvalue weighted by molar-refractivity contribution is 7.99. The van der Waals surface area contributed by atoms with Crippen LogP contribution in [0.5, 0.6) is 5.75 Å². The van der Waals surface area contributed by atoms with Crippen LogP contribution in [0.3, 0.4) is 0 Å². The van der Waals surface area contributed by atoms with Crippen LogP contribution in [-0.4, -0.2) is 28.9 Å². The molecule has 0 radical (unpaired) electrons. The van der Waals surface area contributed by atoms with Crippen LogP contribution in [-0.2, 0) is 17.1 Å². The zero-order chi connectivity index (χ0) is 19.1. The Bertz CT molecular complexity index is 911. The summed E-state index contributed by atoms with van der Waals surface area (Å²) in [6.45, 7) is 2.27. The van der Waals surface area contributed by atoms with E-state index in [0.717, 1.165) is 17.1 Å². The fourth-order valence-electron chi connectivity index (χ4n) is 2.49. The molecule has 0 bridgehead atoms. The second-order valence-corrected chi connectivity index (χ2v) is 6.99. The lowest BCUT2D eigenvalue weighted by atomic mass is 10.2. The van der Waals surface area contributed by atoms with Crippen molar-refractivity contribution in [2.45, 2.75) is 19.2 Å². The summed E-state index contributed by atoms with van der Waals surface area (Å²) >= 11 is 1.57. The summed E-state index contributed by atoms with van der Waals surface area (Å²) in [5.41, 5.74) is 3.23. The van der Waals surface area contributed by atoms with E-state index in [4.69, 9.17) is 9.26 Å². The van der Waals surface area contributed by atoms with E-state index in [1.165, 1.54) is 11.1 Å². The fourth-order valence-corrected chi connectivity index (χ4v) is 3.30. The average Bonchev–Trinajstić information content (AvgIpc) is 3.16. The van der Waals surface area contributed by atoms with Gasteiger partial charge in [-0.3, -0.25) is 4.79 Å². The molecule has 27 heavy (non-hydrogen) atoms. The third kappa shape index (κ3) is 5.59. The Morgan fingerprint density at radius 1 is 1.22 bits per heavy atom. The number of hydrogen-bond donors (Lipinski definition) is 1. The van der Waals surface area contributed by atoms with Gasteiger partial charge < -0.3 is 14.6 Å². The molecule has 0 unspecified atom stereocenters. The van der Waals surface area contributed by atoms with E-state index in [0.29, 0.717) is 17.5 Å². The van der Waals surface area contributed by atoms with Crippen LogP contribution >= 0.6 is 11.8 Å². The van der Waals surface area contributed by atoms with E-state index in [1.807, 2.05) is 30.3 Å². The second-order valence-electron chi connectivity index (χ2n) is 6.00. The van der Waals surface area contributed by atoms with Crippen molar-refractivity contribution in [2.24, 2.45) is 0 Å². The summed E-state index contributed by atoms with van der Waals surface area (Å²) in [4.78, 5) is 16.3. The van der Waals surface area contributed by atoms with Crippen LogP contribution in [0.4, 0.5) is 0 Å². The van der Waals surface area contributed by atoms with Gasteiger partial charge in [0.15, 0.2) is 0 Å². The summed E-state index contributed by atoms with van der Waals surface area (Å²) in [5, 5.41) is 6.75. The van der Waals surface area contributed by atoms with Gasteiger partial charge in [0.1, 0.15) is 5.75 Å². The van der Waals surface area contributed by atoms with Gasteiger partial charge >= 0.3 is 0 Å². The molecule has 0 fully saturated rings. The van der Waals surface area contributed by atoms with E-state index in [-0.39, 0.29) is 12.5 Å². The maximum absolute atomic E-state index is 12.0.